The Hall–Kier alpha value is -1.46. The van der Waals surface area contributed by atoms with Gasteiger partial charge in [0.1, 0.15) is 0 Å². The highest BCUT2D eigenvalue weighted by molar-refractivity contribution is 9.10. The summed E-state index contributed by atoms with van der Waals surface area (Å²) in [4.78, 5) is 11.8. The molecule has 0 saturated carbocycles. The van der Waals surface area contributed by atoms with Crippen LogP contribution in [-0.2, 0) is 0 Å². The first kappa shape index (κ1) is 14.0. The Bertz CT molecular complexity index is 649. The van der Waals surface area contributed by atoms with Gasteiger partial charge in [-0.05, 0) is 46.3 Å². The van der Waals surface area contributed by atoms with Crippen LogP contribution in [0.4, 0.5) is 14.5 Å². The van der Waals surface area contributed by atoms with Crippen LogP contribution in [0.2, 0.25) is 5.02 Å². The van der Waals surface area contributed by atoms with Gasteiger partial charge >= 0.3 is 0 Å². The molecule has 98 valence electrons. The van der Waals surface area contributed by atoms with Gasteiger partial charge in [-0.1, -0.05) is 17.7 Å². The predicted molar refractivity (Wildman–Crippen MR) is 73.5 cm³/mol. The molecule has 6 heteroatoms. The van der Waals surface area contributed by atoms with Crippen molar-refractivity contribution < 1.29 is 13.6 Å². The fourth-order valence-electron chi connectivity index (χ4n) is 1.45. The summed E-state index contributed by atoms with van der Waals surface area (Å²) < 4.78 is 27.0. The van der Waals surface area contributed by atoms with E-state index in [1.165, 1.54) is 12.1 Å². The number of amides is 1. The van der Waals surface area contributed by atoms with E-state index in [1.54, 1.807) is 18.2 Å². The van der Waals surface area contributed by atoms with E-state index in [2.05, 4.69) is 21.2 Å². The second kappa shape index (κ2) is 5.67. The van der Waals surface area contributed by atoms with Crippen molar-refractivity contribution in [3.05, 3.63) is 63.1 Å². The van der Waals surface area contributed by atoms with E-state index in [9.17, 15) is 13.6 Å². The normalized spacial score (nSPS) is 10.3. The molecule has 0 atom stereocenters. The minimum absolute atomic E-state index is 0.355. The number of hydrogen-bond donors (Lipinski definition) is 1. The van der Waals surface area contributed by atoms with Crippen LogP contribution in [0.15, 0.2) is 40.9 Å². The molecule has 0 aliphatic heterocycles. The van der Waals surface area contributed by atoms with E-state index >= 15 is 0 Å². The second-order valence-corrected chi connectivity index (χ2v) is 4.95. The fraction of sp³-hybridized carbons (Fsp3) is 0. The van der Waals surface area contributed by atoms with Gasteiger partial charge in [0.05, 0.1) is 10.6 Å². The van der Waals surface area contributed by atoms with Crippen LogP contribution >= 0.6 is 27.5 Å². The van der Waals surface area contributed by atoms with Crippen LogP contribution < -0.4 is 5.32 Å². The Kier molecular flexibility index (Phi) is 4.17. The van der Waals surface area contributed by atoms with Gasteiger partial charge in [-0.25, -0.2) is 8.78 Å². The number of rotatable bonds is 2. The Morgan fingerprint density at radius 1 is 1.21 bits per heavy atom. The molecule has 0 aliphatic carbocycles. The van der Waals surface area contributed by atoms with Gasteiger partial charge < -0.3 is 5.32 Å². The largest absolute Gasteiger partial charge is 0.322 e. The number of anilines is 1. The molecule has 0 fully saturated rings. The Morgan fingerprint density at radius 3 is 2.63 bits per heavy atom. The standard InChI is InChI=1S/C13H7BrClF2NO/c14-9-6-7(4-5-10(9)15)18-13(19)8-2-1-3-11(16)12(8)17/h1-6H,(H,18,19). The van der Waals surface area contributed by atoms with E-state index in [1.807, 2.05) is 0 Å². The van der Waals surface area contributed by atoms with Crippen molar-refractivity contribution in [1.29, 1.82) is 0 Å². The number of carbonyl (C=O) groups excluding carboxylic acids is 1. The summed E-state index contributed by atoms with van der Waals surface area (Å²) in [6.45, 7) is 0. The Labute approximate surface area is 121 Å². The van der Waals surface area contributed by atoms with E-state index in [4.69, 9.17) is 11.6 Å². The van der Waals surface area contributed by atoms with Gasteiger partial charge in [0.2, 0.25) is 0 Å². The number of benzene rings is 2. The lowest BCUT2D eigenvalue weighted by atomic mass is 10.2. The first-order chi connectivity index (χ1) is 8.99. The van der Waals surface area contributed by atoms with Gasteiger partial charge in [0.25, 0.3) is 5.91 Å². The zero-order valence-electron chi connectivity index (χ0n) is 9.38. The van der Waals surface area contributed by atoms with Crippen molar-refractivity contribution in [2.24, 2.45) is 0 Å². The quantitative estimate of drug-likeness (QED) is 0.844. The summed E-state index contributed by atoms with van der Waals surface area (Å²) in [6.07, 6.45) is 0. The molecule has 0 bridgehead atoms. The molecule has 0 radical (unpaired) electrons. The summed E-state index contributed by atoms with van der Waals surface area (Å²) in [5, 5.41) is 2.94. The number of carbonyl (C=O) groups is 1. The molecule has 2 aromatic carbocycles. The highest BCUT2D eigenvalue weighted by Gasteiger charge is 2.15. The number of halogens is 4. The Morgan fingerprint density at radius 2 is 1.95 bits per heavy atom. The third kappa shape index (κ3) is 3.11. The van der Waals surface area contributed by atoms with Crippen molar-refractivity contribution in [2.45, 2.75) is 0 Å². The van der Waals surface area contributed by atoms with Gasteiger partial charge in [-0.15, -0.1) is 0 Å². The van der Waals surface area contributed by atoms with Crippen LogP contribution in [0.25, 0.3) is 0 Å². The molecule has 0 unspecified atom stereocenters. The molecule has 1 amide bonds. The van der Waals surface area contributed by atoms with E-state index in [0.29, 0.717) is 15.2 Å². The lowest BCUT2D eigenvalue weighted by Gasteiger charge is -2.07. The molecule has 0 spiro atoms. The second-order valence-electron chi connectivity index (χ2n) is 3.68. The molecule has 2 nitrogen and oxygen atoms in total. The molecule has 1 N–H and O–H groups in total. The van der Waals surface area contributed by atoms with Crippen molar-refractivity contribution in [2.75, 3.05) is 5.32 Å². The predicted octanol–water partition coefficient (Wildman–Crippen LogP) is 4.63. The summed E-state index contributed by atoms with van der Waals surface area (Å²) >= 11 is 9.01. The van der Waals surface area contributed by atoms with E-state index in [-0.39, 0.29) is 5.56 Å². The fourth-order valence-corrected chi connectivity index (χ4v) is 1.95. The maximum atomic E-state index is 13.4. The lowest BCUT2D eigenvalue weighted by Crippen LogP contribution is -2.14. The van der Waals surface area contributed by atoms with Crippen molar-refractivity contribution >= 4 is 39.1 Å². The highest BCUT2D eigenvalue weighted by Crippen LogP contribution is 2.26. The van der Waals surface area contributed by atoms with Gasteiger partial charge in [-0.2, -0.15) is 0 Å². The number of hydrogen-bond acceptors (Lipinski definition) is 1. The zero-order valence-corrected chi connectivity index (χ0v) is 11.7. The molecule has 2 aromatic rings. The van der Waals surface area contributed by atoms with Crippen LogP contribution in [0.5, 0.6) is 0 Å². The molecular weight excluding hydrogens is 340 g/mol. The SMILES string of the molecule is O=C(Nc1ccc(Cl)c(Br)c1)c1cccc(F)c1F. The molecule has 2 rings (SSSR count). The molecular formula is C13H7BrClF2NO. The van der Waals surface area contributed by atoms with E-state index < -0.39 is 17.5 Å². The van der Waals surface area contributed by atoms with Gasteiger partial charge in [-0.3, -0.25) is 4.79 Å². The Balaban J connectivity index is 2.26. The number of nitrogens with one attached hydrogen (secondary N) is 1. The van der Waals surface area contributed by atoms with Gasteiger partial charge in [0.15, 0.2) is 11.6 Å². The first-order valence-electron chi connectivity index (χ1n) is 5.19. The van der Waals surface area contributed by atoms with Crippen LogP contribution in [-0.4, -0.2) is 5.91 Å². The average molecular weight is 347 g/mol. The molecule has 0 aromatic heterocycles. The summed E-state index contributed by atoms with van der Waals surface area (Å²) in [7, 11) is 0. The van der Waals surface area contributed by atoms with E-state index in [0.717, 1.165) is 6.07 Å². The van der Waals surface area contributed by atoms with Crippen LogP contribution in [0, 0.1) is 11.6 Å². The molecule has 0 saturated heterocycles. The van der Waals surface area contributed by atoms with Crippen LogP contribution in [0.1, 0.15) is 10.4 Å². The third-order valence-electron chi connectivity index (χ3n) is 2.37. The maximum Gasteiger partial charge on any atom is 0.258 e. The monoisotopic (exact) mass is 345 g/mol. The smallest absolute Gasteiger partial charge is 0.258 e. The lowest BCUT2D eigenvalue weighted by molar-refractivity contribution is 0.102. The summed E-state index contributed by atoms with van der Waals surface area (Å²) in [6, 6.07) is 8.12. The molecule has 0 heterocycles. The average Bonchev–Trinajstić information content (AvgIpc) is 2.37. The highest BCUT2D eigenvalue weighted by atomic mass is 79.9. The summed E-state index contributed by atoms with van der Waals surface area (Å²) in [5.41, 5.74) is 0.0657. The van der Waals surface area contributed by atoms with Crippen molar-refractivity contribution in [3.8, 4) is 0 Å². The summed E-state index contributed by atoms with van der Waals surface area (Å²) in [5.74, 6) is -2.97. The third-order valence-corrected chi connectivity index (χ3v) is 3.59. The van der Waals surface area contributed by atoms with Crippen molar-refractivity contribution in [1.82, 2.24) is 0 Å². The van der Waals surface area contributed by atoms with Crippen molar-refractivity contribution in [3.63, 3.8) is 0 Å². The topological polar surface area (TPSA) is 29.1 Å². The minimum atomic E-state index is -1.17. The van der Waals surface area contributed by atoms with Gasteiger partial charge in [0, 0.05) is 10.2 Å². The zero-order chi connectivity index (χ0) is 14.0. The van der Waals surface area contributed by atoms with Crippen LogP contribution in [0.3, 0.4) is 0 Å². The maximum absolute atomic E-state index is 13.4. The molecule has 0 aliphatic rings. The molecule has 19 heavy (non-hydrogen) atoms. The minimum Gasteiger partial charge on any atom is -0.322 e. The first-order valence-corrected chi connectivity index (χ1v) is 6.36.